The van der Waals surface area contributed by atoms with Crippen molar-refractivity contribution in [2.75, 3.05) is 25.1 Å². The largest absolute Gasteiger partial charge is 0.392 e. The summed E-state index contributed by atoms with van der Waals surface area (Å²) in [5, 5.41) is 15.4. The first kappa shape index (κ1) is 20.5. The zero-order chi connectivity index (χ0) is 14.8. The maximum absolute atomic E-state index is 13.3. The second kappa shape index (κ2) is 12.0. The first-order valence-electron chi connectivity index (χ1n) is 6.60. The second-order valence-electron chi connectivity index (χ2n) is 4.20. The van der Waals surface area contributed by atoms with Gasteiger partial charge in [-0.25, -0.2) is 9.38 Å². The first-order chi connectivity index (χ1) is 9.71. The van der Waals surface area contributed by atoms with E-state index in [9.17, 15) is 4.39 Å². The van der Waals surface area contributed by atoms with Gasteiger partial charge in [0.25, 0.3) is 0 Å². The SMILES string of the molecule is CCNC(=NCc1ccc(F)c(CO)c1)NCCSC.I. The summed E-state index contributed by atoms with van der Waals surface area (Å²) >= 11 is 1.77. The minimum absolute atomic E-state index is 0. The highest BCUT2D eigenvalue weighted by atomic mass is 127. The molecule has 0 fully saturated rings. The van der Waals surface area contributed by atoms with Crippen LogP contribution in [0, 0.1) is 5.82 Å². The Morgan fingerprint density at radius 2 is 2.14 bits per heavy atom. The van der Waals surface area contributed by atoms with Crippen molar-refractivity contribution in [1.29, 1.82) is 0 Å². The van der Waals surface area contributed by atoms with Crippen LogP contribution >= 0.6 is 35.7 Å². The summed E-state index contributed by atoms with van der Waals surface area (Å²) in [6.45, 7) is 3.79. The van der Waals surface area contributed by atoms with Crippen molar-refractivity contribution in [1.82, 2.24) is 10.6 Å². The van der Waals surface area contributed by atoms with Crippen LogP contribution in [0.5, 0.6) is 0 Å². The van der Waals surface area contributed by atoms with Crippen molar-refractivity contribution in [3.8, 4) is 0 Å². The van der Waals surface area contributed by atoms with Gasteiger partial charge in [-0.2, -0.15) is 11.8 Å². The summed E-state index contributed by atoms with van der Waals surface area (Å²) in [5.74, 6) is 1.37. The molecule has 0 unspecified atom stereocenters. The van der Waals surface area contributed by atoms with Crippen molar-refractivity contribution < 1.29 is 9.50 Å². The lowest BCUT2D eigenvalue weighted by molar-refractivity contribution is 0.275. The van der Waals surface area contributed by atoms with Crippen molar-refractivity contribution in [3.63, 3.8) is 0 Å². The molecule has 7 heteroatoms. The van der Waals surface area contributed by atoms with Crippen molar-refractivity contribution in [3.05, 3.63) is 35.1 Å². The Balaban J connectivity index is 0.00000400. The predicted molar refractivity (Wildman–Crippen MR) is 98.9 cm³/mol. The van der Waals surface area contributed by atoms with E-state index in [4.69, 9.17) is 5.11 Å². The fourth-order valence-corrected chi connectivity index (χ4v) is 1.94. The fraction of sp³-hybridized carbons (Fsp3) is 0.500. The Morgan fingerprint density at radius 3 is 2.76 bits per heavy atom. The quantitative estimate of drug-likeness (QED) is 0.271. The molecule has 0 saturated carbocycles. The normalized spacial score (nSPS) is 11.0. The predicted octanol–water partition coefficient (Wildman–Crippen LogP) is 2.35. The minimum Gasteiger partial charge on any atom is -0.392 e. The summed E-state index contributed by atoms with van der Waals surface area (Å²) in [6, 6.07) is 4.69. The van der Waals surface area contributed by atoms with Gasteiger partial charge in [-0.15, -0.1) is 24.0 Å². The van der Waals surface area contributed by atoms with Gasteiger partial charge in [0.1, 0.15) is 5.82 Å². The standard InChI is InChI=1S/C14H22FN3OS.HI/c1-3-16-14(17-6-7-20-2)18-9-11-4-5-13(15)12(8-11)10-19;/h4-5,8,19H,3,6-7,9-10H2,1-2H3,(H2,16,17,18);1H. The average molecular weight is 427 g/mol. The van der Waals surface area contributed by atoms with Crippen LogP contribution in [-0.2, 0) is 13.2 Å². The molecule has 0 radical (unpaired) electrons. The van der Waals surface area contributed by atoms with Gasteiger partial charge >= 0.3 is 0 Å². The summed E-state index contributed by atoms with van der Waals surface area (Å²) in [7, 11) is 0. The van der Waals surface area contributed by atoms with Gasteiger partial charge < -0.3 is 15.7 Å². The first-order valence-corrected chi connectivity index (χ1v) is 8.00. The minimum atomic E-state index is -0.384. The molecule has 21 heavy (non-hydrogen) atoms. The summed E-state index contributed by atoms with van der Waals surface area (Å²) in [4.78, 5) is 4.44. The lowest BCUT2D eigenvalue weighted by Gasteiger charge is -2.11. The summed E-state index contributed by atoms with van der Waals surface area (Å²) in [5.41, 5.74) is 1.18. The van der Waals surface area contributed by atoms with Gasteiger partial charge in [-0.05, 0) is 30.9 Å². The van der Waals surface area contributed by atoms with Gasteiger partial charge in [-0.3, -0.25) is 0 Å². The number of nitrogens with zero attached hydrogens (tertiary/aromatic N) is 1. The molecule has 1 aromatic carbocycles. The third kappa shape index (κ3) is 7.87. The molecule has 0 aliphatic rings. The van der Waals surface area contributed by atoms with E-state index < -0.39 is 0 Å². The smallest absolute Gasteiger partial charge is 0.191 e. The molecular weight excluding hydrogens is 404 g/mol. The number of nitrogens with one attached hydrogen (secondary N) is 2. The maximum atomic E-state index is 13.3. The monoisotopic (exact) mass is 427 g/mol. The van der Waals surface area contributed by atoms with E-state index in [0.717, 1.165) is 30.4 Å². The number of hydrogen-bond donors (Lipinski definition) is 3. The third-order valence-corrected chi connectivity index (χ3v) is 3.26. The van der Waals surface area contributed by atoms with Crippen LogP contribution in [0.2, 0.25) is 0 Å². The molecule has 1 aromatic rings. The van der Waals surface area contributed by atoms with Crippen molar-refractivity contribution in [2.45, 2.75) is 20.1 Å². The number of guanidine groups is 1. The van der Waals surface area contributed by atoms with Crippen LogP contribution in [0.25, 0.3) is 0 Å². The molecule has 0 aliphatic carbocycles. The number of hydrogen-bond acceptors (Lipinski definition) is 3. The Bertz CT molecular complexity index is 446. The van der Waals surface area contributed by atoms with E-state index in [1.165, 1.54) is 6.07 Å². The molecule has 0 bridgehead atoms. The van der Waals surface area contributed by atoms with Crippen LogP contribution in [-0.4, -0.2) is 36.2 Å². The molecule has 0 atom stereocenters. The number of aliphatic hydroxyl groups excluding tert-OH is 1. The number of aliphatic hydroxyl groups is 1. The van der Waals surface area contributed by atoms with Gasteiger partial charge in [-0.1, -0.05) is 6.07 Å². The molecule has 0 heterocycles. The van der Waals surface area contributed by atoms with E-state index in [-0.39, 0.29) is 36.4 Å². The average Bonchev–Trinajstić information content (AvgIpc) is 2.46. The van der Waals surface area contributed by atoms with Gasteiger partial charge in [0, 0.05) is 24.4 Å². The zero-order valence-electron chi connectivity index (χ0n) is 12.4. The summed E-state index contributed by atoms with van der Waals surface area (Å²) < 4.78 is 13.3. The van der Waals surface area contributed by atoms with Crippen molar-refractivity contribution >= 4 is 41.7 Å². The maximum Gasteiger partial charge on any atom is 0.191 e. The molecular formula is C14H23FIN3OS. The Morgan fingerprint density at radius 1 is 1.38 bits per heavy atom. The topological polar surface area (TPSA) is 56.7 Å². The van der Waals surface area contributed by atoms with Crippen LogP contribution in [0.15, 0.2) is 23.2 Å². The number of rotatable bonds is 7. The van der Waals surface area contributed by atoms with Gasteiger partial charge in [0.15, 0.2) is 5.96 Å². The van der Waals surface area contributed by atoms with Crippen LogP contribution in [0.3, 0.4) is 0 Å². The van der Waals surface area contributed by atoms with E-state index >= 15 is 0 Å². The zero-order valence-corrected chi connectivity index (χ0v) is 15.5. The Hall–Kier alpha value is -0.540. The van der Waals surface area contributed by atoms with Gasteiger partial charge in [0.05, 0.1) is 13.2 Å². The van der Waals surface area contributed by atoms with Crippen LogP contribution in [0.1, 0.15) is 18.1 Å². The highest BCUT2D eigenvalue weighted by Crippen LogP contribution is 2.11. The molecule has 1 rings (SSSR count). The number of aliphatic imine (C=N–C) groups is 1. The van der Waals surface area contributed by atoms with Gasteiger partial charge in [0.2, 0.25) is 0 Å². The Kier molecular flexibility index (Phi) is 11.7. The second-order valence-corrected chi connectivity index (χ2v) is 5.18. The van der Waals surface area contributed by atoms with Crippen LogP contribution < -0.4 is 10.6 Å². The highest BCUT2D eigenvalue weighted by Gasteiger charge is 2.03. The molecule has 0 saturated heterocycles. The van der Waals surface area contributed by atoms with E-state index in [0.29, 0.717) is 12.1 Å². The van der Waals surface area contributed by atoms with E-state index in [1.807, 2.05) is 6.92 Å². The Labute approximate surface area is 147 Å². The molecule has 0 aromatic heterocycles. The molecule has 120 valence electrons. The molecule has 0 amide bonds. The van der Waals surface area contributed by atoms with E-state index in [1.54, 1.807) is 23.9 Å². The summed E-state index contributed by atoms with van der Waals surface area (Å²) in [6.07, 6.45) is 2.06. The van der Waals surface area contributed by atoms with E-state index in [2.05, 4.69) is 21.9 Å². The number of halogens is 2. The molecule has 4 nitrogen and oxygen atoms in total. The molecule has 3 N–H and O–H groups in total. The fourth-order valence-electron chi connectivity index (χ4n) is 1.63. The van der Waals surface area contributed by atoms with Crippen LogP contribution in [0.4, 0.5) is 4.39 Å². The molecule has 0 spiro atoms. The number of thioether (sulfide) groups is 1. The number of benzene rings is 1. The van der Waals surface area contributed by atoms with Crippen molar-refractivity contribution in [2.24, 2.45) is 4.99 Å². The highest BCUT2D eigenvalue weighted by molar-refractivity contribution is 14.0. The molecule has 0 aliphatic heterocycles. The lowest BCUT2D eigenvalue weighted by Crippen LogP contribution is -2.38. The third-order valence-electron chi connectivity index (χ3n) is 2.64. The lowest BCUT2D eigenvalue weighted by atomic mass is 10.1.